The van der Waals surface area contributed by atoms with E-state index in [9.17, 15) is 0 Å². The number of rotatable bonds is 1. The Morgan fingerprint density at radius 1 is 1.21 bits per heavy atom. The molecule has 0 saturated carbocycles. The van der Waals surface area contributed by atoms with E-state index in [-0.39, 0.29) is 0 Å². The topological polar surface area (TPSA) is 0 Å². The Balaban J connectivity index is 0.000000146. The predicted octanol–water partition coefficient (Wildman–Crippen LogP) is 3.80. The molecular weight excluding hydrogens is 271 g/mol. The van der Waals surface area contributed by atoms with Crippen molar-refractivity contribution in [2.45, 2.75) is 12.3 Å². The molecule has 14 heavy (non-hydrogen) atoms. The molecule has 1 aromatic carbocycles. The number of hydrogen-bond donors (Lipinski definition) is 0. The van der Waals surface area contributed by atoms with E-state index >= 15 is 0 Å². The van der Waals surface area contributed by atoms with Crippen LogP contribution in [0.25, 0.3) is 0 Å². The van der Waals surface area contributed by atoms with Gasteiger partial charge in [0.25, 0.3) is 0 Å². The molecule has 0 aliphatic heterocycles. The first-order chi connectivity index (χ1) is 6.83. The third-order valence-corrected chi connectivity index (χ3v) is 2.99. The van der Waals surface area contributed by atoms with Crippen molar-refractivity contribution < 1.29 is 24.7 Å². The van der Waals surface area contributed by atoms with Gasteiger partial charge in [0.2, 0.25) is 0 Å². The minimum absolute atomic E-state index is 0.612. The summed E-state index contributed by atoms with van der Waals surface area (Å²) >= 11 is 7.09. The van der Waals surface area contributed by atoms with Gasteiger partial charge in [-0.05, 0) is 5.56 Å². The minimum atomic E-state index is 0.612. The van der Waals surface area contributed by atoms with Crippen LogP contribution in [0.4, 0.5) is 0 Å². The van der Waals surface area contributed by atoms with Gasteiger partial charge in [-0.2, -0.15) is 0 Å². The molecule has 0 atom stereocenters. The SMILES string of the molecule is ClCc1ccccc1.[Zr][C]1=CC=CC1. The van der Waals surface area contributed by atoms with Gasteiger partial charge in [-0.15, -0.1) is 11.6 Å². The number of alkyl halides is 1. The number of halogens is 1. The van der Waals surface area contributed by atoms with Crippen molar-refractivity contribution in [3.63, 3.8) is 0 Å². The molecule has 0 amide bonds. The molecule has 1 aliphatic rings. The third-order valence-electron chi connectivity index (χ3n) is 1.77. The van der Waals surface area contributed by atoms with Crippen molar-refractivity contribution in [2.75, 3.05) is 0 Å². The van der Waals surface area contributed by atoms with E-state index in [1.54, 1.807) is 28.0 Å². The Bertz CT molecular complexity index is 314. The summed E-state index contributed by atoms with van der Waals surface area (Å²) in [5.74, 6) is 0.612. The Morgan fingerprint density at radius 2 is 1.93 bits per heavy atom. The molecule has 0 bridgehead atoms. The molecule has 1 aliphatic carbocycles. The predicted molar refractivity (Wildman–Crippen MR) is 57.8 cm³/mol. The van der Waals surface area contributed by atoms with E-state index in [0.29, 0.717) is 5.88 Å². The van der Waals surface area contributed by atoms with Crippen LogP contribution >= 0.6 is 11.6 Å². The van der Waals surface area contributed by atoms with E-state index in [2.05, 4.69) is 18.2 Å². The maximum atomic E-state index is 5.53. The summed E-state index contributed by atoms with van der Waals surface area (Å²) < 4.78 is 1.56. The molecule has 0 nitrogen and oxygen atoms in total. The number of allylic oxidation sites excluding steroid dienone is 4. The molecule has 0 radical (unpaired) electrons. The first-order valence-corrected chi connectivity index (χ1v) is 6.26. The molecule has 0 aromatic heterocycles. The molecule has 1 aromatic rings. The first kappa shape index (κ1) is 11.9. The van der Waals surface area contributed by atoms with E-state index < -0.39 is 0 Å². The summed E-state index contributed by atoms with van der Waals surface area (Å²) in [7, 11) is 0. The summed E-state index contributed by atoms with van der Waals surface area (Å²) in [6.45, 7) is 0. The van der Waals surface area contributed by atoms with Crippen LogP contribution < -0.4 is 0 Å². The standard InChI is InChI=1S/C7H7Cl.C5H5.Zr/c8-6-7-4-2-1-3-5-7;1-2-4-5-3-1;/h1-5H,6H2;1-3H,4H2;. The Kier molecular flexibility index (Phi) is 6.15. The van der Waals surface area contributed by atoms with Gasteiger partial charge in [0.1, 0.15) is 0 Å². The second-order valence-corrected chi connectivity index (χ2v) is 4.79. The van der Waals surface area contributed by atoms with Crippen LogP contribution in [0.1, 0.15) is 12.0 Å². The van der Waals surface area contributed by atoms with Crippen molar-refractivity contribution >= 4 is 11.6 Å². The number of hydrogen-bond acceptors (Lipinski definition) is 0. The van der Waals surface area contributed by atoms with E-state index in [1.807, 2.05) is 30.3 Å². The molecule has 0 saturated heterocycles. The summed E-state index contributed by atoms with van der Waals surface area (Å²) in [6.07, 6.45) is 7.69. The second kappa shape index (κ2) is 7.20. The Labute approximate surface area is 106 Å². The fraction of sp³-hybridized carbons (Fsp3) is 0.167. The third kappa shape index (κ3) is 4.93. The van der Waals surface area contributed by atoms with Crippen LogP contribution in [0.15, 0.2) is 51.8 Å². The van der Waals surface area contributed by atoms with Gasteiger partial charge in [0.15, 0.2) is 0 Å². The summed E-state index contributed by atoms with van der Waals surface area (Å²) in [5.41, 5.74) is 1.18. The average molecular weight is 283 g/mol. The zero-order valence-corrected chi connectivity index (χ0v) is 11.1. The monoisotopic (exact) mass is 281 g/mol. The van der Waals surface area contributed by atoms with Gasteiger partial charge in [-0.1, -0.05) is 30.3 Å². The van der Waals surface area contributed by atoms with Gasteiger partial charge in [0, 0.05) is 5.88 Å². The molecule has 0 unspecified atom stereocenters. The van der Waals surface area contributed by atoms with Crippen molar-refractivity contribution in [1.29, 1.82) is 0 Å². The van der Waals surface area contributed by atoms with Crippen LogP contribution in [0.3, 0.4) is 0 Å². The van der Waals surface area contributed by atoms with E-state index in [1.165, 1.54) is 12.0 Å². The number of benzene rings is 1. The maximum absolute atomic E-state index is 5.53. The van der Waals surface area contributed by atoms with Gasteiger partial charge in [-0.3, -0.25) is 0 Å². The summed E-state index contributed by atoms with van der Waals surface area (Å²) in [4.78, 5) is 0. The fourth-order valence-corrected chi connectivity index (χ4v) is 1.72. The normalized spacial score (nSPS) is 13.0. The molecule has 0 fully saturated rings. The first-order valence-electron chi connectivity index (χ1n) is 4.50. The zero-order chi connectivity index (χ0) is 10.2. The molecule has 0 N–H and O–H groups in total. The van der Waals surface area contributed by atoms with Crippen LogP contribution in [-0.2, 0) is 30.6 Å². The van der Waals surface area contributed by atoms with Crippen molar-refractivity contribution in [3.05, 3.63) is 57.4 Å². The molecule has 71 valence electrons. The van der Waals surface area contributed by atoms with E-state index in [0.717, 1.165) is 0 Å². The van der Waals surface area contributed by atoms with Gasteiger partial charge >= 0.3 is 52.6 Å². The van der Waals surface area contributed by atoms with Gasteiger partial charge < -0.3 is 0 Å². The Hall–Kier alpha value is -0.127. The molecular formula is C12H12ClZr. The van der Waals surface area contributed by atoms with Crippen LogP contribution in [0, 0.1) is 0 Å². The molecule has 0 heterocycles. The zero-order valence-electron chi connectivity index (χ0n) is 7.91. The Morgan fingerprint density at radius 3 is 2.21 bits per heavy atom. The molecule has 2 heteroatoms. The summed E-state index contributed by atoms with van der Waals surface area (Å²) in [6, 6.07) is 9.96. The van der Waals surface area contributed by atoms with Crippen molar-refractivity contribution in [1.82, 2.24) is 0 Å². The van der Waals surface area contributed by atoms with Gasteiger partial charge in [-0.25, -0.2) is 0 Å². The van der Waals surface area contributed by atoms with Crippen molar-refractivity contribution in [2.24, 2.45) is 0 Å². The van der Waals surface area contributed by atoms with Crippen LogP contribution in [0.5, 0.6) is 0 Å². The quantitative estimate of drug-likeness (QED) is 0.687. The fourth-order valence-electron chi connectivity index (χ4n) is 1.01. The van der Waals surface area contributed by atoms with Crippen LogP contribution in [-0.4, -0.2) is 0 Å². The van der Waals surface area contributed by atoms with Crippen molar-refractivity contribution in [3.8, 4) is 0 Å². The van der Waals surface area contributed by atoms with Crippen LogP contribution in [0.2, 0.25) is 0 Å². The second-order valence-electron chi connectivity index (χ2n) is 2.94. The van der Waals surface area contributed by atoms with E-state index in [4.69, 9.17) is 11.6 Å². The van der Waals surface area contributed by atoms with Gasteiger partial charge in [0.05, 0.1) is 0 Å². The molecule has 2 rings (SSSR count). The summed E-state index contributed by atoms with van der Waals surface area (Å²) in [5, 5.41) is 0. The molecule has 0 spiro atoms. The average Bonchev–Trinajstić information content (AvgIpc) is 2.71.